The Balaban J connectivity index is 2.25. The van der Waals surface area contributed by atoms with Gasteiger partial charge in [-0.15, -0.1) is 0 Å². The molecule has 5 heteroatoms. The second-order valence-corrected chi connectivity index (χ2v) is 4.59. The van der Waals surface area contributed by atoms with Crippen molar-refractivity contribution in [3.63, 3.8) is 0 Å². The van der Waals surface area contributed by atoms with E-state index in [-0.39, 0.29) is 6.61 Å². The second-order valence-electron chi connectivity index (χ2n) is 4.59. The molecule has 1 aliphatic heterocycles. The monoisotopic (exact) mass is 236 g/mol. The number of aliphatic hydroxyl groups is 1. The molecule has 0 amide bonds. The molecule has 2 heterocycles. The lowest BCUT2D eigenvalue weighted by Gasteiger charge is -2.37. The van der Waals surface area contributed by atoms with Crippen LogP contribution in [0.3, 0.4) is 0 Å². The fourth-order valence-electron chi connectivity index (χ4n) is 2.47. The maximum Gasteiger partial charge on any atom is 0.221 e. The van der Waals surface area contributed by atoms with Crippen molar-refractivity contribution in [1.29, 1.82) is 0 Å². The molecule has 17 heavy (non-hydrogen) atoms. The summed E-state index contributed by atoms with van der Waals surface area (Å²) in [5, 5.41) is 9.12. The summed E-state index contributed by atoms with van der Waals surface area (Å²) in [5.41, 5.74) is 6.70. The third-order valence-electron chi connectivity index (χ3n) is 3.33. The van der Waals surface area contributed by atoms with Gasteiger partial charge >= 0.3 is 0 Å². The molecule has 0 bridgehead atoms. The summed E-state index contributed by atoms with van der Waals surface area (Å²) in [7, 11) is 0. The highest BCUT2D eigenvalue weighted by Crippen LogP contribution is 2.27. The van der Waals surface area contributed by atoms with Crippen LogP contribution in [0.5, 0.6) is 0 Å². The van der Waals surface area contributed by atoms with Gasteiger partial charge in [0.1, 0.15) is 5.82 Å². The van der Waals surface area contributed by atoms with E-state index in [4.69, 9.17) is 10.8 Å². The van der Waals surface area contributed by atoms with E-state index in [1.54, 1.807) is 6.20 Å². The minimum Gasteiger partial charge on any atom is -0.396 e. The topological polar surface area (TPSA) is 75.3 Å². The summed E-state index contributed by atoms with van der Waals surface area (Å²) in [4.78, 5) is 10.6. The van der Waals surface area contributed by atoms with E-state index in [0.29, 0.717) is 12.0 Å². The van der Waals surface area contributed by atoms with Crippen LogP contribution >= 0.6 is 0 Å². The first kappa shape index (κ1) is 12.1. The van der Waals surface area contributed by atoms with E-state index in [1.807, 2.05) is 6.92 Å². The van der Waals surface area contributed by atoms with E-state index >= 15 is 0 Å². The molecule has 1 aromatic rings. The number of hydrogen-bond acceptors (Lipinski definition) is 5. The third-order valence-corrected chi connectivity index (χ3v) is 3.33. The van der Waals surface area contributed by atoms with Crippen LogP contribution in [0.25, 0.3) is 0 Å². The molecule has 0 saturated carbocycles. The van der Waals surface area contributed by atoms with E-state index < -0.39 is 0 Å². The van der Waals surface area contributed by atoms with Gasteiger partial charge in [0, 0.05) is 31.0 Å². The van der Waals surface area contributed by atoms with Gasteiger partial charge in [-0.25, -0.2) is 4.98 Å². The molecule has 0 spiro atoms. The SMILES string of the molecule is Cc1cnc(N)nc1N1CCCCC1CCO. The van der Waals surface area contributed by atoms with Gasteiger partial charge < -0.3 is 15.7 Å². The minimum atomic E-state index is 0.223. The van der Waals surface area contributed by atoms with Crippen LogP contribution in [0.1, 0.15) is 31.2 Å². The van der Waals surface area contributed by atoms with Gasteiger partial charge in [0.05, 0.1) is 0 Å². The van der Waals surface area contributed by atoms with Crippen molar-refractivity contribution in [1.82, 2.24) is 9.97 Å². The molecule has 0 aliphatic carbocycles. The van der Waals surface area contributed by atoms with E-state index in [1.165, 1.54) is 12.8 Å². The smallest absolute Gasteiger partial charge is 0.221 e. The Hall–Kier alpha value is -1.36. The molecule has 1 unspecified atom stereocenters. The Kier molecular flexibility index (Phi) is 3.78. The number of aromatic nitrogens is 2. The number of nitrogens with two attached hydrogens (primary N) is 1. The van der Waals surface area contributed by atoms with Crippen molar-refractivity contribution in [3.05, 3.63) is 11.8 Å². The van der Waals surface area contributed by atoms with Crippen LogP contribution < -0.4 is 10.6 Å². The average molecular weight is 236 g/mol. The molecule has 3 N–H and O–H groups in total. The first-order valence-electron chi connectivity index (χ1n) is 6.19. The van der Waals surface area contributed by atoms with Crippen LogP contribution in [0, 0.1) is 6.92 Å². The Labute approximate surface area is 102 Å². The molecular weight excluding hydrogens is 216 g/mol. The lowest BCUT2D eigenvalue weighted by atomic mass is 9.99. The predicted molar refractivity (Wildman–Crippen MR) is 67.9 cm³/mol. The van der Waals surface area contributed by atoms with Crippen molar-refractivity contribution >= 4 is 11.8 Å². The molecule has 1 atom stereocenters. The van der Waals surface area contributed by atoms with Crippen LogP contribution in [0.15, 0.2) is 6.20 Å². The number of rotatable bonds is 3. The highest BCUT2D eigenvalue weighted by atomic mass is 16.3. The molecule has 1 fully saturated rings. The van der Waals surface area contributed by atoms with Crippen molar-refractivity contribution in [2.45, 2.75) is 38.6 Å². The summed E-state index contributed by atoms with van der Waals surface area (Å²) in [6.45, 7) is 3.21. The zero-order chi connectivity index (χ0) is 12.3. The Morgan fingerprint density at radius 1 is 1.53 bits per heavy atom. The van der Waals surface area contributed by atoms with Crippen molar-refractivity contribution in [3.8, 4) is 0 Å². The lowest BCUT2D eigenvalue weighted by molar-refractivity contribution is 0.262. The van der Waals surface area contributed by atoms with Gasteiger partial charge in [-0.1, -0.05) is 0 Å². The van der Waals surface area contributed by atoms with Gasteiger partial charge in [0.2, 0.25) is 5.95 Å². The molecule has 1 aliphatic rings. The number of piperidine rings is 1. The summed E-state index contributed by atoms with van der Waals surface area (Å²) >= 11 is 0. The molecule has 0 radical (unpaired) electrons. The normalized spacial score (nSPS) is 20.6. The Morgan fingerprint density at radius 3 is 3.12 bits per heavy atom. The number of hydrogen-bond donors (Lipinski definition) is 2. The molecule has 0 aromatic carbocycles. The fraction of sp³-hybridized carbons (Fsp3) is 0.667. The van der Waals surface area contributed by atoms with Gasteiger partial charge in [-0.2, -0.15) is 4.98 Å². The standard InChI is InChI=1S/C12H20N4O/c1-9-8-14-12(13)15-11(9)16-6-3-2-4-10(16)5-7-17/h8,10,17H,2-7H2,1H3,(H2,13,14,15). The van der Waals surface area contributed by atoms with Gasteiger partial charge in [-0.05, 0) is 32.6 Å². The Bertz CT molecular complexity index is 381. The molecule has 2 rings (SSSR count). The van der Waals surface area contributed by atoms with Gasteiger partial charge in [0.25, 0.3) is 0 Å². The van der Waals surface area contributed by atoms with E-state index in [0.717, 1.165) is 30.8 Å². The number of aryl methyl sites for hydroxylation is 1. The third kappa shape index (κ3) is 2.66. The van der Waals surface area contributed by atoms with Crippen LogP contribution in [0.4, 0.5) is 11.8 Å². The van der Waals surface area contributed by atoms with E-state index in [2.05, 4.69) is 14.9 Å². The fourth-order valence-corrected chi connectivity index (χ4v) is 2.47. The van der Waals surface area contributed by atoms with Gasteiger partial charge in [-0.3, -0.25) is 0 Å². The maximum absolute atomic E-state index is 9.12. The molecule has 1 saturated heterocycles. The van der Waals surface area contributed by atoms with Crippen LogP contribution in [-0.2, 0) is 0 Å². The van der Waals surface area contributed by atoms with Crippen LogP contribution in [0.2, 0.25) is 0 Å². The Morgan fingerprint density at radius 2 is 2.35 bits per heavy atom. The zero-order valence-corrected chi connectivity index (χ0v) is 10.3. The lowest BCUT2D eigenvalue weighted by Crippen LogP contribution is -2.41. The number of aliphatic hydroxyl groups excluding tert-OH is 1. The number of nitrogen functional groups attached to an aromatic ring is 1. The van der Waals surface area contributed by atoms with Crippen molar-refractivity contribution in [2.75, 3.05) is 23.8 Å². The van der Waals surface area contributed by atoms with Crippen LogP contribution in [-0.4, -0.2) is 34.3 Å². The first-order chi connectivity index (χ1) is 8.22. The quantitative estimate of drug-likeness (QED) is 0.822. The average Bonchev–Trinajstić information content (AvgIpc) is 2.34. The molecule has 1 aromatic heterocycles. The second kappa shape index (κ2) is 5.31. The summed E-state index contributed by atoms with van der Waals surface area (Å²) in [6, 6.07) is 0.377. The molecule has 5 nitrogen and oxygen atoms in total. The maximum atomic E-state index is 9.12. The highest BCUT2D eigenvalue weighted by molar-refractivity contribution is 5.49. The van der Waals surface area contributed by atoms with E-state index in [9.17, 15) is 0 Å². The number of nitrogens with zero attached hydrogens (tertiary/aromatic N) is 3. The minimum absolute atomic E-state index is 0.223. The van der Waals surface area contributed by atoms with Crippen molar-refractivity contribution in [2.24, 2.45) is 0 Å². The predicted octanol–water partition coefficient (Wildman–Crippen LogP) is 1.11. The first-order valence-corrected chi connectivity index (χ1v) is 6.19. The molecular formula is C12H20N4O. The highest BCUT2D eigenvalue weighted by Gasteiger charge is 2.24. The summed E-state index contributed by atoms with van der Waals surface area (Å²) < 4.78 is 0. The zero-order valence-electron chi connectivity index (χ0n) is 10.3. The largest absolute Gasteiger partial charge is 0.396 e. The number of anilines is 2. The van der Waals surface area contributed by atoms with Gasteiger partial charge in [0.15, 0.2) is 0 Å². The summed E-state index contributed by atoms with van der Waals surface area (Å²) in [6.07, 6.45) is 6.07. The van der Waals surface area contributed by atoms with Crippen molar-refractivity contribution < 1.29 is 5.11 Å². The molecule has 94 valence electrons. The summed E-state index contributed by atoms with van der Waals surface area (Å²) in [5.74, 6) is 1.24.